The largest absolute Gasteiger partial charge is 0.393 e. The molecule has 0 radical (unpaired) electrons. The number of hydrogen-bond donors (Lipinski definition) is 1. The molecule has 0 saturated carbocycles. The highest BCUT2D eigenvalue weighted by molar-refractivity contribution is 9.10. The van der Waals surface area contributed by atoms with Crippen molar-refractivity contribution < 1.29 is 13.2 Å². The second kappa shape index (κ2) is 5.70. The van der Waals surface area contributed by atoms with Gasteiger partial charge in [0, 0.05) is 4.47 Å². The lowest BCUT2D eigenvalue weighted by molar-refractivity contribution is -0.184. The molecule has 0 aromatic heterocycles. The highest BCUT2D eigenvalue weighted by Crippen LogP contribution is 2.42. The second-order valence-corrected chi connectivity index (χ2v) is 5.96. The molecule has 0 spiro atoms. The summed E-state index contributed by atoms with van der Waals surface area (Å²) in [6, 6.07) is 8.15. The van der Waals surface area contributed by atoms with Crippen molar-refractivity contribution in [2.75, 3.05) is 0 Å². The first-order valence-electron chi connectivity index (χ1n) is 5.85. The Bertz CT molecular complexity index is 550. The van der Waals surface area contributed by atoms with E-state index < -0.39 is 24.1 Å². The van der Waals surface area contributed by atoms with Crippen LogP contribution in [0.15, 0.2) is 28.7 Å². The van der Waals surface area contributed by atoms with E-state index in [0.717, 1.165) is 10.0 Å². The number of nitrogens with one attached hydrogen (secondary N) is 1. The van der Waals surface area contributed by atoms with Gasteiger partial charge in [-0.2, -0.15) is 18.4 Å². The fraction of sp³-hybridized carbons (Fsp3) is 0.385. The summed E-state index contributed by atoms with van der Waals surface area (Å²) in [6.45, 7) is 0. The number of halogens is 4. The molecule has 1 N–H and O–H groups in total. The quantitative estimate of drug-likeness (QED) is 0.763. The number of thiocarbonyl (C=S) groups is 1. The summed E-state index contributed by atoms with van der Waals surface area (Å²) < 4.78 is 40.0. The van der Waals surface area contributed by atoms with Gasteiger partial charge in [0.2, 0.25) is 0 Å². The lowest BCUT2D eigenvalue weighted by atomic mass is 9.81. The molecule has 2 rings (SSSR count). The summed E-state index contributed by atoms with van der Waals surface area (Å²) in [5, 5.41) is 11.8. The molecule has 1 aliphatic heterocycles. The van der Waals surface area contributed by atoms with Gasteiger partial charge in [-0.15, -0.1) is 0 Å². The minimum atomic E-state index is -4.43. The van der Waals surface area contributed by atoms with Crippen LogP contribution in [-0.2, 0) is 0 Å². The fourth-order valence-corrected chi connectivity index (χ4v) is 2.90. The Labute approximate surface area is 128 Å². The summed E-state index contributed by atoms with van der Waals surface area (Å²) in [5.74, 6) is -3.04. The summed E-state index contributed by atoms with van der Waals surface area (Å²) in [6.07, 6.45) is -4.62. The molecule has 106 valence electrons. The van der Waals surface area contributed by atoms with Gasteiger partial charge in [-0.3, -0.25) is 0 Å². The van der Waals surface area contributed by atoms with Gasteiger partial charge < -0.3 is 5.32 Å². The topological polar surface area (TPSA) is 35.8 Å². The molecule has 0 amide bonds. The Morgan fingerprint density at radius 1 is 1.30 bits per heavy atom. The van der Waals surface area contributed by atoms with Crippen molar-refractivity contribution in [3.05, 3.63) is 34.3 Å². The van der Waals surface area contributed by atoms with E-state index in [1.807, 2.05) is 0 Å². The van der Waals surface area contributed by atoms with Crippen LogP contribution in [-0.4, -0.2) is 11.2 Å². The normalized spacial score (nSPS) is 26.8. The van der Waals surface area contributed by atoms with Crippen LogP contribution in [0.4, 0.5) is 13.2 Å². The molecule has 3 atom stereocenters. The average molecular weight is 363 g/mol. The highest BCUT2D eigenvalue weighted by Gasteiger charge is 2.50. The first-order valence-corrected chi connectivity index (χ1v) is 7.05. The van der Waals surface area contributed by atoms with Gasteiger partial charge in [-0.05, 0) is 24.1 Å². The van der Waals surface area contributed by atoms with Crippen LogP contribution in [0, 0.1) is 23.2 Å². The number of nitrogens with zero attached hydrogens (tertiary/aromatic N) is 1. The molecule has 0 aliphatic carbocycles. The molecule has 1 aromatic rings. The smallest absolute Gasteiger partial charge is 0.372 e. The second-order valence-electron chi connectivity index (χ2n) is 4.60. The van der Waals surface area contributed by atoms with Gasteiger partial charge in [0.15, 0.2) is 0 Å². The Morgan fingerprint density at radius 3 is 2.40 bits per heavy atom. The Hall–Kier alpha value is -1.13. The lowest BCUT2D eigenvalue weighted by Crippen LogP contribution is -2.47. The van der Waals surface area contributed by atoms with E-state index in [-0.39, 0.29) is 11.4 Å². The molecule has 1 saturated heterocycles. The minimum Gasteiger partial charge on any atom is -0.372 e. The van der Waals surface area contributed by atoms with E-state index in [0.29, 0.717) is 0 Å². The maximum Gasteiger partial charge on any atom is 0.393 e. The van der Waals surface area contributed by atoms with Gasteiger partial charge in [0.05, 0.1) is 23.0 Å². The van der Waals surface area contributed by atoms with Crippen molar-refractivity contribution >= 4 is 33.1 Å². The number of rotatable bonds is 1. The molecule has 2 nitrogen and oxygen atoms in total. The first-order chi connectivity index (χ1) is 9.32. The molecule has 7 heteroatoms. The first kappa shape index (κ1) is 15.3. The van der Waals surface area contributed by atoms with Crippen LogP contribution >= 0.6 is 28.1 Å². The Morgan fingerprint density at radius 2 is 1.90 bits per heavy atom. The summed E-state index contributed by atoms with van der Waals surface area (Å²) in [4.78, 5) is -0.0333. The van der Waals surface area contributed by atoms with Crippen molar-refractivity contribution in [3.63, 3.8) is 0 Å². The summed E-state index contributed by atoms with van der Waals surface area (Å²) >= 11 is 8.21. The van der Waals surface area contributed by atoms with Crippen LogP contribution in [0.5, 0.6) is 0 Å². The van der Waals surface area contributed by atoms with Gasteiger partial charge >= 0.3 is 6.18 Å². The van der Waals surface area contributed by atoms with Crippen LogP contribution in [0.3, 0.4) is 0 Å². The van der Waals surface area contributed by atoms with E-state index in [1.54, 1.807) is 30.3 Å². The van der Waals surface area contributed by atoms with E-state index in [2.05, 4.69) is 21.2 Å². The van der Waals surface area contributed by atoms with Gasteiger partial charge in [0.25, 0.3) is 0 Å². The van der Waals surface area contributed by atoms with Crippen molar-refractivity contribution in [1.82, 2.24) is 5.32 Å². The SMILES string of the molecule is N#CC1C(=S)NC(c2ccc(Br)cc2)CC1C(F)(F)F. The van der Waals surface area contributed by atoms with Gasteiger partial charge in [-0.1, -0.05) is 40.3 Å². The zero-order valence-corrected chi connectivity index (χ0v) is 12.5. The van der Waals surface area contributed by atoms with Crippen LogP contribution in [0.25, 0.3) is 0 Å². The molecule has 1 fully saturated rings. The highest BCUT2D eigenvalue weighted by atomic mass is 79.9. The molecule has 20 heavy (non-hydrogen) atoms. The number of hydrogen-bond acceptors (Lipinski definition) is 2. The molecular formula is C13H10BrF3N2S. The van der Waals surface area contributed by atoms with E-state index in [9.17, 15) is 13.2 Å². The fourth-order valence-electron chi connectivity index (χ4n) is 2.28. The molecule has 1 heterocycles. The Kier molecular flexibility index (Phi) is 4.35. The molecule has 0 bridgehead atoms. The predicted octanol–water partition coefficient (Wildman–Crippen LogP) is 4.13. The van der Waals surface area contributed by atoms with E-state index >= 15 is 0 Å². The monoisotopic (exact) mass is 362 g/mol. The van der Waals surface area contributed by atoms with Crippen LogP contribution in [0.2, 0.25) is 0 Å². The van der Waals surface area contributed by atoms with Crippen molar-refractivity contribution in [1.29, 1.82) is 5.26 Å². The third-order valence-corrected chi connectivity index (χ3v) is 4.22. The van der Waals surface area contributed by atoms with Gasteiger partial charge in [0.1, 0.15) is 5.92 Å². The molecule has 3 unspecified atom stereocenters. The maximum absolute atomic E-state index is 13.1. The minimum absolute atomic E-state index is 0.0333. The third kappa shape index (κ3) is 3.13. The number of nitriles is 1. The summed E-state index contributed by atoms with van der Waals surface area (Å²) in [7, 11) is 0. The standard InChI is InChI=1S/C13H10BrF3N2S/c14-8-3-1-7(2-4-8)11-5-10(13(15,16)17)9(6-18)12(20)19-11/h1-4,9-11H,5H2,(H,19,20). The van der Waals surface area contributed by atoms with Gasteiger partial charge in [-0.25, -0.2) is 0 Å². The van der Waals surface area contributed by atoms with Crippen molar-refractivity contribution in [2.24, 2.45) is 11.8 Å². The molecule has 1 aliphatic rings. The average Bonchev–Trinajstić information content (AvgIpc) is 2.37. The number of piperidine rings is 1. The van der Waals surface area contributed by atoms with Crippen molar-refractivity contribution in [3.8, 4) is 6.07 Å². The predicted molar refractivity (Wildman–Crippen MR) is 75.9 cm³/mol. The Balaban J connectivity index is 2.29. The van der Waals surface area contributed by atoms with E-state index in [1.165, 1.54) is 0 Å². The van der Waals surface area contributed by atoms with Crippen LogP contribution < -0.4 is 5.32 Å². The number of alkyl halides is 3. The number of benzene rings is 1. The molecular weight excluding hydrogens is 353 g/mol. The lowest BCUT2D eigenvalue weighted by Gasteiger charge is -2.36. The van der Waals surface area contributed by atoms with Crippen molar-refractivity contribution in [2.45, 2.75) is 18.6 Å². The maximum atomic E-state index is 13.1. The zero-order valence-electron chi connectivity index (χ0n) is 10.1. The molecule has 1 aromatic carbocycles. The van der Waals surface area contributed by atoms with Crippen LogP contribution in [0.1, 0.15) is 18.0 Å². The zero-order chi connectivity index (χ0) is 14.9. The van der Waals surface area contributed by atoms with E-state index in [4.69, 9.17) is 17.5 Å². The third-order valence-electron chi connectivity index (χ3n) is 3.32. The summed E-state index contributed by atoms with van der Waals surface area (Å²) in [5.41, 5.74) is 0.723.